The number of hydrogen-bond acceptors (Lipinski definition) is 7. The van der Waals surface area contributed by atoms with E-state index in [1.54, 1.807) is 11.6 Å². The molecule has 0 spiro atoms. The summed E-state index contributed by atoms with van der Waals surface area (Å²) in [5.74, 6) is -0.601. The second-order valence-corrected chi connectivity index (χ2v) is 9.59. The molecule has 0 radical (unpaired) electrons. The maximum absolute atomic E-state index is 12.9. The number of amides is 1. The Balaban J connectivity index is 1.79. The first-order chi connectivity index (χ1) is 15.2. The molecule has 2 unspecified atom stereocenters. The lowest BCUT2D eigenvalue weighted by molar-refractivity contribution is -0.181. The topological polar surface area (TPSA) is 106 Å². The molecule has 8 nitrogen and oxygen atoms in total. The number of ether oxygens (including phenoxy) is 3. The van der Waals surface area contributed by atoms with Crippen LogP contribution in [0.2, 0.25) is 0 Å². The maximum atomic E-state index is 12.9. The molecule has 1 fully saturated rings. The largest absolute Gasteiger partial charge is 0.443 e. The average Bonchev–Trinajstić information content (AvgIpc) is 3.37. The van der Waals surface area contributed by atoms with Gasteiger partial charge in [0.2, 0.25) is 0 Å². The molecule has 4 rings (SSSR count). The van der Waals surface area contributed by atoms with Gasteiger partial charge in [0.25, 0.3) is 5.91 Å². The second-order valence-electron chi connectivity index (χ2n) is 8.70. The van der Waals surface area contributed by atoms with Crippen LogP contribution in [0.4, 0.5) is 4.79 Å². The summed E-state index contributed by atoms with van der Waals surface area (Å²) in [6.07, 6.45) is 2.95. The minimum atomic E-state index is -0.639. The van der Waals surface area contributed by atoms with Crippen LogP contribution in [-0.2, 0) is 14.2 Å². The van der Waals surface area contributed by atoms with Crippen molar-refractivity contribution in [2.24, 2.45) is 5.73 Å². The molecule has 1 saturated heterocycles. The number of thiazole rings is 1. The van der Waals surface area contributed by atoms with Crippen LogP contribution < -0.4 is 5.73 Å². The van der Waals surface area contributed by atoms with Gasteiger partial charge in [0, 0.05) is 29.1 Å². The number of aromatic nitrogens is 2. The molecule has 1 amide bonds. The van der Waals surface area contributed by atoms with Gasteiger partial charge in [-0.05, 0) is 46.1 Å². The zero-order valence-corrected chi connectivity index (χ0v) is 19.2. The van der Waals surface area contributed by atoms with Crippen molar-refractivity contribution in [2.75, 3.05) is 6.61 Å². The predicted molar refractivity (Wildman–Crippen MR) is 121 cm³/mol. The molecule has 9 heteroatoms. The van der Waals surface area contributed by atoms with E-state index in [9.17, 15) is 9.59 Å². The highest BCUT2D eigenvalue weighted by molar-refractivity contribution is 7.10. The minimum Gasteiger partial charge on any atom is -0.443 e. The summed E-state index contributed by atoms with van der Waals surface area (Å²) in [7, 11) is 0. The number of rotatable bonds is 5. The molecule has 3 heterocycles. The van der Waals surface area contributed by atoms with E-state index in [0.29, 0.717) is 17.1 Å². The normalized spacial score (nSPS) is 17.9. The molecular weight excluding hydrogens is 430 g/mol. The fraction of sp³-hybridized carbons (Fsp3) is 0.435. The fourth-order valence-electron chi connectivity index (χ4n) is 3.63. The van der Waals surface area contributed by atoms with Gasteiger partial charge in [-0.15, -0.1) is 11.3 Å². The number of primary amides is 1. The van der Waals surface area contributed by atoms with Crippen LogP contribution in [0, 0.1) is 0 Å². The van der Waals surface area contributed by atoms with E-state index < -0.39 is 30.0 Å². The Bertz CT molecular complexity index is 1120. The van der Waals surface area contributed by atoms with Crippen LogP contribution in [0.3, 0.4) is 0 Å². The quantitative estimate of drug-likeness (QED) is 0.600. The first-order valence-electron chi connectivity index (χ1n) is 10.6. The van der Waals surface area contributed by atoms with Crippen LogP contribution in [-0.4, -0.2) is 40.0 Å². The third-order valence-corrected chi connectivity index (χ3v) is 5.93. The molecular formula is C23H27N3O5S. The van der Waals surface area contributed by atoms with Crippen molar-refractivity contribution in [3.05, 3.63) is 52.1 Å². The number of hydrogen-bond donors (Lipinski definition) is 1. The van der Waals surface area contributed by atoms with E-state index in [4.69, 9.17) is 19.9 Å². The average molecular weight is 458 g/mol. The van der Waals surface area contributed by atoms with Crippen molar-refractivity contribution in [1.82, 2.24) is 9.55 Å². The summed E-state index contributed by atoms with van der Waals surface area (Å²) >= 11 is 1.29. The van der Waals surface area contributed by atoms with Gasteiger partial charge in [0.1, 0.15) is 22.4 Å². The molecule has 0 aliphatic carbocycles. The molecule has 1 aliphatic rings. The number of para-hydroxylation sites is 1. The molecule has 0 bridgehead atoms. The van der Waals surface area contributed by atoms with Crippen molar-refractivity contribution in [3.63, 3.8) is 0 Å². The Morgan fingerprint density at radius 2 is 2.06 bits per heavy atom. The van der Waals surface area contributed by atoms with Gasteiger partial charge in [0.15, 0.2) is 6.29 Å². The molecule has 2 N–H and O–H groups in total. The van der Waals surface area contributed by atoms with E-state index in [1.165, 1.54) is 15.9 Å². The van der Waals surface area contributed by atoms with Gasteiger partial charge in [0.05, 0.1) is 5.52 Å². The van der Waals surface area contributed by atoms with Gasteiger partial charge in [-0.2, -0.15) is 0 Å². The molecule has 1 aliphatic heterocycles. The first kappa shape index (κ1) is 22.4. The Hall–Kier alpha value is -2.75. The molecule has 2 atom stereocenters. The highest BCUT2D eigenvalue weighted by atomic mass is 32.1. The van der Waals surface area contributed by atoms with Gasteiger partial charge < -0.3 is 19.9 Å². The van der Waals surface area contributed by atoms with Gasteiger partial charge in [-0.25, -0.2) is 9.78 Å². The van der Waals surface area contributed by atoms with Crippen LogP contribution in [0.25, 0.3) is 10.9 Å². The Kier molecular flexibility index (Phi) is 6.32. The van der Waals surface area contributed by atoms with E-state index in [-0.39, 0.29) is 5.69 Å². The summed E-state index contributed by atoms with van der Waals surface area (Å²) in [6, 6.07) is 7.54. The van der Waals surface area contributed by atoms with Crippen molar-refractivity contribution in [3.8, 4) is 0 Å². The van der Waals surface area contributed by atoms with Crippen LogP contribution in [0.15, 0.2) is 35.8 Å². The highest BCUT2D eigenvalue weighted by Gasteiger charge is 2.30. The van der Waals surface area contributed by atoms with Crippen molar-refractivity contribution >= 4 is 34.2 Å². The predicted octanol–water partition coefficient (Wildman–Crippen LogP) is 4.61. The third-order valence-electron chi connectivity index (χ3n) is 5.04. The standard InChI is InChI=1S/C23H27N3O5S/c1-23(2,3)31-22(28)26-12-15(14-8-4-5-9-17(14)26)19(30-18-10-6-7-11-29-18)21-25-16(13-32-21)20(24)27/h4-5,8-9,12-13,18-19H,6-7,10-11H2,1-3H3,(H2,24,27). The van der Waals surface area contributed by atoms with Crippen LogP contribution >= 0.6 is 11.3 Å². The Morgan fingerprint density at radius 3 is 2.72 bits per heavy atom. The lowest BCUT2D eigenvalue weighted by Gasteiger charge is -2.27. The van der Waals surface area contributed by atoms with E-state index in [2.05, 4.69) is 4.98 Å². The number of carbonyl (C=O) groups is 2. The summed E-state index contributed by atoms with van der Waals surface area (Å²) in [5, 5.41) is 3.01. The molecule has 3 aromatic rings. The SMILES string of the molecule is CC(C)(C)OC(=O)n1cc(C(OC2CCCCO2)c2nc(C(N)=O)cs2)c2ccccc21. The number of carbonyl (C=O) groups excluding carboxylic acids is 2. The van der Waals surface area contributed by atoms with Crippen molar-refractivity contribution in [1.29, 1.82) is 0 Å². The van der Waals surface area contributed by atoms with E-state index >= 15 is 0 Å². The van der Waals surface area contributed by atoms with Gasteiger partial charge in [-0.1, -0.05) is 18.2 Å². The van der Waals surface area contributed by atoms with Crippen LogP contribution in [0.5, 0.6) is 0 Å². The smallest absolute Gasteiger partial charge is 0.419 e. The number of fused-ring (bicyclic) bond motifs is 1. The summed E-state index contributed by atoms with van der Waals surface area (Å²) in [6.45, 7) is 6.10. The summed E-state index contributed by atoms with van der Waals surface area (Å²) in [5.41, 5.74) is 6.40. The van der Waals surface area contributed by atoms with Gasteiger partial charge in [-0.3, -0.25) is 9.36 Å². The van der Waals surface area contributed by atoms with Crippen LogP contribution in [0.1, 0.15) is 67.2 Å². The Labute approximate surface area is 190 Å². The zero-order valence-electron chi connectivity index (χ0n) is 18.4. The zero-order chi connectivity index (χ0) is 22.9. The molecule has 0 saturated carbocycles. The van der Waals surface area contributed by atoms with Crippen molar-refractivity contribution in [2.45, 2.75) is 58.0 Å². The third kappa shape index (κ3) is 4.85. The highest BCUT2D eigenvalue weighted by Crippen LogP contribution is 2.37. The van der Waals surface area contributed by atoms with Crippen molar-refractivity contribution < 1.29 is 23.8 Å². The maximum Gasteiger partial charge on any atom is 0.419 e. The van der Waals surface area contributed by atoms with E-state index in [0.717, 1.165) is 30.2 Å². The lowest BCUT2D eigenvalue weighted by Crippen LogP contribution is -2.27. The summed E-state index contributed by atoms with van der Waals surface area (Å²) < 4.78 is 19.3. The number of nitrogens with two attached hydrogens (primary N) is 1. The molecule has 170 valence electrons. The molecule has 2 aromatic heterocycles. The van der Waals surface area contributed by atoms with Gasteiger partial charge >= 0.3 is 6.09 Å². The molecule has 32 heavy (non-hydrogen) atoms. The number of nitrogens with zero attached hydrogens (tertiary/aromatic N) is 2. The fourth-order valence-corrected chi connectivity index (χ4v) is 4.49. The molecule has 1 aromatic carbocycles. The first-order valence-corrected chi connectivity index (χ1v) is 11.5. The monoisotopic (exact) mass is 457 g/mol. The minimum absolute atomic E-state index is 0.180. The lowest BCUT2D eigenvalue weighted by atomic mass is 10.1. The van der Waals surface area contributed by atoms with E-state index in [1.807, 2.05) is 45.0 Å². The second kappa shape index (κ2) is 9.01. The number of benzene rings is 1. The summed E-state index contributed by atoms with van der Waals surface area (Å²) in [4.78, 5) is 29.0. The Morgan fingerprint density at radius 1 is 1.28 bits per heavy atom.